The van der Waals surface area contributed by atoms with Crippen LogP contribution in [0.3, 0.4) is 0 Å². The van der Waals surface area contributed by atoms with Gasteiger partial charge in [0.25, 0.3) is 0 Å². The molecular weight excluding hydrogens is 266 g/mol. The summed E-state index contributed by atoms with van der Waals surface area (Å²) in [4.78, 5) is 2.27. The number of hydrogen-bond donors (Lipinski definition) is 3. The van der Waals surface area contributed by atoms with Crippen LogP contribution in [-0.4, -0.2) is 50.2 Å². The highest BCUT2D eigenvalue weighted by Gasteiger charge is 2.31. The average molecular weight is 287 g/mol. The van der Waals surface area contributed by atoms with Crippen LogP contribution in [0.4, 0.5) is 5.82 Å². The normalized spacial score (nSPS) is 20.5. The number of aromatic nitrogens is 2. The Morgan fingerprint density at radius 3 is 2.68 bits per heavy atom. The van der Waals surface area contributed by atoms with Crippen molar-refractivity contribution in [2.45, 2.75) is 24.7 Å². The average Bonchev–Trinajstić information content (AvgIpc) is 2.79. The molecule has 0 radical (unpaired) electrons. The third kappa shape index (κ3) is 3.26. The van der Waals surface area contributed by atoms with Crippen molar-refractivity contribution < 1.29 is 8.42 Å². The van der Waals surface area contributed by atoms with Crippen LogP contribution in [0.25, 0.3) is 0 Å². The number of piperidine rings is 1. The van der Waals surface area contributed by atoms with Crippen LogP contribution in [0.5, 0.6) is 0 Å². The van der Waals surface area contributed by atoms with E-state index in [0.29, 0.717) is 6.54 Å². The molecule has 0 spiro atoms. The lowest BCUT2D eigenvalue weighted by Crippen LogP contribution is -2.43. The molecule has 0 aromatic carbocycles. The molecule has 1 aromatic heterocycles. The molecule has 0 unspecified atom stereocenters. The largest absolute Gasteiger partial charge is 0.383 e. The monoisotopic (exact) mass is 287 g/mol. The number of aromatic amines is 1. The first-order chi connectivity index (χ1) is 8.82. The van der Waals surface area contributed by atoms with Crippen molar-refractivity contribution in [1.82, 2.24) is 19.8 Å². The molecule has 1 aliphatic rings. The van der Waals surface area contributed by atoms with E-state index in [1.165, 1.54) is 6.20 Å². The molecule has 19 heavy (non-hydrogen) atoms. The van der Waals surface area contributed by atoms with Gasteiger partial charge in [0.2, 0.25) is 10.0 Å². The van der Waals surface area contributed by atoms with Crippen molar-refractivity contribution in [1.29, 1.82) is 0 Å². The number of anilines is 1. The summed E-state index contributed by atoms with van der Waals surface area (Å²) < 4.78 is 26.8. The second-order valence-electron chi connectivity index (χ2n) is 5.59. The predicted molar refractivity (Wildman–Crippen MR) is 73.0 cm³/mol. The molecule has 4 N–H and O–H groups in total. The number of hydrogen-bond acceptors (Lipinski definition) is 5. The van der Waals surface area contributed by atoms with E-state index in [-0.39, 0.29) is 16.1 Å². The lowest BCUT2D eigenvalue weighted by atomic mass is 9.81. The van der Waals surface area contributed by atoms with E-state index >= 15 is 0 Å². The van der Waals surface area contributed by atoms with Gasteiger partial charge in [-0.05, 0) is 38.4 Å². The smallest absolute Gasteiger partial charge is 0.245 e. The van der Waals surface area contributed by atoms with Gasteiger partial charge < -0.3 is 10.6 Å². The van der Waals surface area contributed by atoms with Gasteiger partial charge in [-0.1, -0.05) is 6.92 Å². The fraction of sp³-hybridized carbons (Fsp3) is 0.727. The zero-order valence-corrected chi connectivity index (χ0v) is 12.1. The van der Waals surface area contributed by atoms with Crippen LogP contribution in [0.1, 0.15) is 19.8 Å². The molecule has 0 bridgehead atoms. The SMILES string of the molecule is CN1CCC(C)(CNS(=O)(=O)c2cn[nH]c2N)CC1. The number of nitrogens with zero attached hydrogens (tertiary/aromatic N) is 2. The number of sulfonamides is 1. The van der Waals surface area contributed by atoms with Crippen LogP contribution >= 0.6 is 0 Å². The van der Waals surface area contributed by atoms with Crippen molar-refractivity contribution in [3.63, 3.8) is 0 Å². The van der Waals surface area contributed by atoms with Gasteiger partial charge in [0.15, 0.2) is 0 Å². The van der Waals surface area contributed by atoms with Gasteiger partial charge in [0.1, 0.15) is 10.7 Å². The molecule has 7 nitrogen and oxygen atoms in total. The molecule has 8 heteroatoms. The topological polar surface area (TPSA) is 104 Å². The van der Waals surface area contributed by atoms with Crippen molar-refractivity contribution in [3.8, 4) is 0 Å². The van der Waals surface area contributed by atoms with Gasteiger partial charge in [0.05, 0.1) is 6.20 Å². The predicted octanol–water partition coefficient (Wildman–Crippen LogP) is 0.00210. The number of H-pyrrole nitrogens is 1. The van der Waals surface area contributed by atoms with E-state index in [2.05, 4.69) is 33.8 Å². The maximum Gasteiger partial charge on any atom is 0.245 e. The van der Waals surface area contributed by atoms with Crippen molar-refractivity contribution >= 4 is 15.8 Å². The Hall–Kier alpha value is -1.12. The molecular formula is C11H21N5O2S. The van der Waals surface area contributed by atoms with E-state index in [4.69, 9.17) is 5.73 Å². The van der Waals surface area contributed by atoms with Crippen molar-refractivity contribution in [2.75, 3.05) is 32.4 Å². The maximum absolute atomic E-state index is 12.1. The van der Waals surface area contributed by atoms with Gasteiger partial charge in [0, 0.05) is 6.54 Å². The third-order valence-electron chi connectivity index (χ3n) is 3.80. The van der Waals surface area contributed by atoms with Crippen LogP contribution in [0.15, 0.2) is 11.1 Å². The van der Waals surface area contributed by atoms with Crippen LogP contribution < -0.4 is 10.5 Å². The summed E-state index contributed by atoms with van der Waals surface area (Å²) in [7, 11) is -1.50. The van der Waals surface area contributed by atoms with E-state index in [1.807, 2.05) is 0 Å². The summed E-state index contributed by atoms with van der Waals surface area (Å²) in [6, 6.07) is 0. The van der Waals surface area contributed by atoms with Crippen LogP contribution in [0.2, 0.25) is 0 Å². The zero-order chi connectivity index (χ0) is 14.1. The Morgan fingerprint density at radius 2 is 2.16 bits per heavy atom. The second-order valence-corrected chi connectivity index (χ2v) is 7.32. The van der Waals surface area contributed by atoms with Crippen molar-refractivity contribution in [3.05, 3.63) is 6.20 Å². The Bertz CT molecular complexity index is 531. The minimum Gasteiger partial charge on any atom is -0.383 e. The third-order valence-corrected chi connectivity index (χ3v) is 5.23. The van der Waals surface area contributed by atoms with Gasteiger partial charge >= 0.3 is 0 Å². The number of nitrogens with one attached hydrogen (secondary N) is 2. The Labute approximate surface area is 113 Å². The molecule has 1 fully saturated rings. The zero-order valence-electron chi connectivity index (χ0n) is 11.3. The molecule has 2 rings (SSSR count). The van der Waals surface area contributed by atoms with Gasteiger partial charge in [-0.15, -0.1) is 0 Å². The molecule has 0 aliphatic carbocycles. The number of nitrogens with two attached hydrogens (primary N) is 1. The minimum atomic E-state index is -3.58. The lowest BCUT2D eigenvalue weighted by molar-refractivity contribution is 0.143. The van der Waals surface area contributed by atoms with E-state index in [9.17, 15) is 8.42 Å². The Balaban J connectivity index is 2.01. The van der Waals surface area contributed by atoms with Crippen LogP contribution in [0, 0.1) is 5.41 Å². The summed E-state index contributed by atoms with van der Waals surface area (Å²) in [6.45, 7) is 4.52. The highest BCUT2D eigenvalue weighted by atomic mass is 32.2. The van der Waals surface area contributed by atoms with Gasteiger partial charge in [-0.2, -0.15) is 5.10 Å². The number of nitrogen functional groups attached to an aromatic ring is 1. The Kier molecular flexibility index (Phi) is 3.84. The highest BCUT2D eigenvalue weighted by Crippen LogP contribution is 2.30. The summed E-state index contributed by atoms with van der Waals surface area (Å²) in [5.41, 5.74) is 5.54. The van der Waals surface area contributed by atoms with Gasteiger partial charge in [-0.3, -0.25) is 5.10 Å². The first-order valence-corrected chi connectivity index (χ1v) is 7.78. The molecule has 1 saturated heterocycles. The quantitative estimate of drug-likeness (QED) is 0.723. The fourth-order valence-electron chi connectivity index (χ4n) is 2.18. The summed E-state index contributed by atoms with van der Waals surface area (Å²) in [5.74, 6) is 0.0704. The van der Waals surface area contributed by atoms with E-state index in [0.717, 1.165) is 25.9 Å². The molecule has 108 valence electrons. The minimum absolute atomic E-state index is 0.00191. The first-order valence-electron chi connectivity index (χ1n) is 6.29. The molecule has 0 saturated carbocycles. The van der Waals surface area contributed by atoms with E-state index in [1.54, 1.807) is 0 Å². The maximum atomic E-state index is 12.1. The highest BCUT2D eigenvalue weighted by molar-refractivity contribution is 7.89. The molecule has 0 amide bonds. The first kappa shape index (κ1) is 14.3. The van der Waals surface area contributed by atoms with Crippen molar-refractivity contribution in [2.24, 2.45) is 5.41 Å². The lowest BCUT2D eigenvalue weighted by Gasteiger charge is -2.37. The summed E-state index contributed by atoms with van der Waals surface area (Å²) in [6.07, 6.45) is 3.19. The van der Waals surface area contributed by atoms with Crippen LogP contribution in [-0.2, 0) is 10.0 Å². The van der Waals surface area contributed by atoms with Gasteiger partial charge in [-0.25, -0.2) is 13.1 Å². The number of likely N-dealkylation sites (tertiary alicyclic amines) is 1. The number of rotatable bonds is 4. The summed E-state index contributed by atoms with van der Waals surface area (Å²) >= 11 is 0. The molecule has 1 aromatic rings. The fourth-order valence-corrected chi connectivity index (χ4v) is 3.40. The molecule has 1 aliphatic heterocycles. The standard InChI is InChI=1S/C11H21N5O2S/c1-11(3-5-16(2)6-4-11)8-14-19(17,18)9-7-13-15-10(9)12/h7,14H,3-6,8H2,1-2H3,(H3,12,13,15). The van der Waals surface area contributed by atoms with E-state index < -0.39 is 10.0 Å². The molecule has 2 heterocycles. The second kappa shape index (κ2) is 5.10. The molecule has 0 atom stereocenters. The Morgan fingerprint density at radius 1 is 1.53 bits per heavy atom. The summed E-state index contributed by atoms with van der Waals surface area (Å²) in [5, 5.41) is 6.06.